The first kappa shape index (κ1) is 16.8. The van der Waals surface area contributed by atoms with Gasteiger partial charge in [0.1, 0.15) is 17.2 Å². The van der Waals surface area contributed by atoms with Crippen LogP contribution < -0.4 is 10.2 Å². The number of ether oxygens (including phenoxy) is 1. The monoisotopic (exact) mass is 378 g/mol. The fraction of sp³-hybridized carbons (Fsp3) is 0.125. The topological polar surface area (TPSA) is 91.2 Å². The van der Waals surface area contributed by atoms with Crippen molar-refractivity contribution in [3.05, 3.63) is 52.0 Å². The number of phenolic OH excluding ortho intramolecular Hbond substituents is 2. The average Bonchev–Trinajstić information content (AvgIpc) is 2.48. The van der Waals surface area contributed by atoms with Crippen molar-refractivity contribution in [3.63, 3.8) is 0 Å². The molecule has 7 heteroatoms. The van der Waals surface area contributed by atoms with Gasteiger partial charge >= 0.3 is 0 Å². The maximum absolute atomic E-state index is 11.7. The van der Waals surface area contributed by atoms with Crippen LogP contribution in [-0.2, 0) is 4.79 Å². The van der Waals surface area contributed by atoms with Crippen molar-refractivity contribution >= 4 is 28.1 Å². The zero-order valence-electron chi connectivity index (χ0n) is 12.3. The number of aryl methyl sites for hydroxylation is 1. The quantitative estimate of drug-likeness (QED) is 0.550. The predicted octanol–water partition coefficient (Wildman–Crippen LogP) is 2.70. The van der Waals surface area contributed by atoms with Crippen molar-refractivity contribution in [1.82, 2.24) is 5.43 Å². The molecule has 0 fully saturated rings. The molecular formula is C16H15BrN2O4. The minimum atomic E-state index is -0.429. The Kier molecular flexibility index (Phi) is 5.59. The van der Waals surface area contributed by atoms with Crippen LogP contribution >= 0.6 is 15.9 Å². The molecule has 0 radical (unpaired) electrons. The first-order chi connectivity index (χ1) is 11.0. The smallest absolute Gasteiger partial charge is 0.277 e. The van der Waals surface area contributed by atoms with Crippen LogP contribution in [0.4, 0.5) is 0 Å². The highest BCUT2D eigenvalue weighted by Crippen LogP contribution is 2.22. The molecule has 0 saturated heterocycles. The highest BCUT2D eigenvalue weighted by Gasteiger charge is 2.05. The molecule has 1 amide bonds. The van der Waals surface area contributed by atoms with Gasteiger partial charge in [-0.15, -0.1) is 0 Å². The number of amides is 1. The van der Waals surface area contributed by atoms with Gasteiger partial charge in [-0.05, 0) is 42.8 Å². The van der Waals surface area contributed by atoms with Crippen molar-refractivity contribution in [2.45, 2.75) is 6.92 Å². The second kappa shape index (κ2) is 7.64. The summed E-state index contributed by atoms with van der Waals surface area (Å²) in [7, 11) is 0. The Bertz CT molecular complexity index is 747. The van der Waals surface area contributed by atoms with Crippen molar-refractivity contribution in [2.75, 3.05) is 6.61 Å². The Balaban J connectivity index is 1.86. The summed E-state index contributed by atoms with van der Waals surface area (Å²) in [5.41, 5.74) is 3.57. The molecule has 120 valence electrons. The van der Waals surface area contributed by atoms with Crippen LogP contribution in [0.15, 0.2) is 46.0 Å². The summed E-state index contributed by atoms with van der Waals surface area (Å²) in [4.78, 5) is 11.7. The van der Waals surface area contributed by atoms with E-state index < -0.39 is 5.91 Å². The molecule has 0 heterocycles. The summed E-state index contributed by atoms with van der Waals surface area (Å²) in [5, 5.41) is 22.5. The van der Waals surface area contributed by atoms with E-state index in [1.54, 1.807) is 6.07 Å². The van der Waals surface area contributed by atoms with E-state index in [1.807, 2.05) is 19.1 Å². The fourth-order valence-electron chi connectivity index (χ4n) is 1.77. The number of rotatable bonds is 5. The third-order valence-electron chi connectivity index (χ3n) is 2.90. The SMILES string of the molecule is Cc1cc(Br)ccc1OCC(=O)NN=Cc1ccc(O)cc1O. The van der Waals surface area contributed by atoms with E-state index in [-0.39, 0.29) is 18.1 Å². The standard InChI is InChI=1S/C16H15BrN2O4/c1-10-6-12(17)3-5-15(10)23-9-16(22)19-18-8-11-2-4-13(20)7-14(11)21/h2-8,20-21H,9H2,1H3,(H,19,22). The van der Waals surface area contributed by atoms with Crippen LogP contribution in [0.2, 0.25) is 0 Å². The van der Waals surface area contributed by atoms with E-state index in [4.69, 9.17) is 4.74 Å². The third kappa shape index (κ3) is 5.00. The summed E-state index contributed by atoms with van der Waals surface area (Å²) in [6.07, 6.45) is 1.28. The fourth-order valence-corrected chi connectivity index (χ4v) is 2.24. The first-order valence-corrected chi connectivity index (χ1v) is 7.48. The number of benzene rings is 2. The van der Waals surface area contributed by atoms with Crippen LogP contribution in [0.1, 0.15) is 11.1 Å². The number of aromatic hydroxyl groups is 2. The lowest BCUT2D eigenvalue weighted by molar-refractivity contribution is -0.123. The molecule has 2 aromatic rings. The zero-order chi connectivity index (χ0) is 16.8. The summed E-state index contributed by atoms with van der Waals surface area (Å²) >= 11 is 3.35. The molecule has 0 spiro atoms. The molecule has 0 saturated carbocycles. The molecule has 23 heavy (non-hydrogen) atoms. The second-order valence-corrected chi connectivity index (χ2v) is 5.65. The molecule has 2 aromatic carbocycles. The maximum Gasteiger partial charge on any atom is 0.277 e. The highest BCUT2D eigenvalue weighted by atomic mass is 79.9. The molecule has 0 aliphatic heterocycles. The van der Waals surface area contributed by atoms with Gasteiger partial charge in [-0.1, -0.05) is 15.9 Å². The molecule has 0 bridgehead atoms. The van der Waals surface area contributed by atoms with Crippen LogP contribution in [-0.4, -0.2) is 28.9 Å². The van der Waals surface area contributed by atoms with E-state index in [9.17, 15) is 15.0 Å². The van der Waals surface area contributed by atoms with Gasteiger partial charge in [-0.3, -0.25) is 4.79 Å². The van der Waals surface area contributed by atoms with E-state index in [1.165, 1.54) is 24.4 Å². The Hall–Kier alpha value is -2.54. The van der Waals surface area contributed by atoms with Gasteiger partial charge in [0, 0.05) is 16.1 Å². The van der Waals surface area contributed by atoms with E-state index in [2.05, 4.69) is 26.5 Å². The van der Waals surface area contributed by atoms with Gasteiger partial charge in [0.25, 0.3) is 5.91 Å². The van der Waals surface area contributed by atoms with Crippen LogP contribution in [0.3, 0.4) is 0 Å². The Morgan fingerprint density at radius 2 is 2.09 bits per heavy atom. The molecular weight excluding hydrogens is 364 g/mol. The number of halogens is 1. The Labute approximate surface area is 141 Å². The zero-order valence-corrected chi connectivity index (χ0v) is 13.9. The van der Waals surface area contributed by atoms with Crippen molar-refractivity contribution in [1.29, 1.82) is 0 Å². The minimum absolute atomic E-state index is 0.0537. The average molecular weight is 379 g/mol. The molecule has 0 unspecified atom stereocenters. The number of hydrogen-bond donors (Lipinski definition) is 3. The second-order valence-electron chi connectivity index (χ2n) is 4.73. The number of phenols is 2. The van der Waals surface area contributed by atoms with Crippen LogP contribution in [0.5, 0.6) is 17.2 Å². The molecule has 6 nitrogen and oxygen atoms in total. The summed E-state index contributed by atoms with van der Waals surface area (Å²) < 4.78 is 6.34. The lowest BCUT2D eigenvalue weighted by atomic mass is 10.2. The van der Waals surface area contributed by atoms with E-state index in [0.29, 0.717) is 11.3 Å². The van der Waals surface area contributed by atoms with Gasteiger partial charge in [0.05, 0.1) is 6.21 Å². The van der Waals surface area contributed by atoms with Crippen molar-refractivity contribution in [3.8, 4) is 17.2 Å². The van der Waals surface area contributed by atoms with Gasteiger partial charge < -0.3 is 14.9 Å². The summed E-state index contributed by atoms with van der Waals surface area (Å²) in [6, 6.07) is 9.54. The number of carbonyl (C=O) groups excluding carboxylic acids is 1. The van der Waals surface area contributed by atoms with Crippen molar-refractivity contribution in [2.24, 2.45) is 5.10 Å². The van der Waals surface area contributed by atoms with Gasteiger partial charge in [-0.25, -0.2) is 5.43 Å². The van der Waals surface area contributed by atoms with E-state index >= 15 is 0 Å². The largest absolute Gasteiger partial charge is 0.508 e. The number of carbonyl (C=O) groups is 1. The van der Waals surface area contributed by atoms with Crippen LogP contribution in [0, 0.1) is 6.92 Å². The molecule has 0 aromatic heterocycles. The summed E-state index contributed by atoms with van der Waals surface area (Å²) in [5.74, 6) is -0.00275. The lowest BCUT2D eigenvalue weighted by Crippen LogP contribution is -2.24. The molecule has 2 rings (SSSR count). The number of hydrogen-bond acceptors (Lipinski definition) is 5. The predicted molar refractivity (Wildman–Crippen MR) is 89.9 cm³/mol. The Morgan fingerprint density at radius 3 is 2.78 bits per heavy atom. The normalized spacial score (nSPS) is 10.7. The Morgan fingerprint density at radius 1 is 1.30 bits per heavy atom. The highest BCUT2D eigenvalue weighted by molar-refractivity contribution is 9.10. The molecule has 0 aliphatic carbocycles. The molecule has 0 atom stereocenters. The number of nitrogens with zero attached hydrogens (tertiary/aromatic N) is 1. The molecule has 0 aliphatic rings. The van der Waals surface area contributed by atoms with Crippen LogP contribution in [0.25, 0.3) is 0 Å². The minimum Gasteiger partial charge on any atom is -0.508 e. The van der Waals surface area contributed by atoms with Gasteiger partial charge in [0.15, 0.2) is 6.61 Å². The van der Waals surface area contributed by atoms with Gasteiger partial charge in [-0.2, -0.15) is 5.10 Å². The van der Waals surface area contributed by atoms with Crippen molar-refractivity contribution < 1.29 is 19.7 Å². The number of hydrazone groups is 1. The lowest BCUT2D eigenvalue weighted by Gasteiger charge is -2.08. The van der Waals surface area contributed by atoms with E-state index in [0.717, 1.165) is 10.0 Å². The third-order valence-corrected chi connectivity index (χ3v) is 3.40. The number of nitrogens with one attached hydrogen (secondary N) is 1. The van der Waals surface area contributed by atoms with Gasteiger partial charge in [0.2, 0.25) is 0 Å². The summed E-state index contributed by atoms with van der Waals surface area (Å²) in [6.45, 7) is 1.70. The molecule has 3 N–H and O–H groups in total. The maximum atomic E-state index is 11.7. The first-order valence-electron chi connectivity index (χ1n) is 6.68.